The van der Waals surface area contributed by atoms with Gasteiger partial charge in [-0.2, -0.15) is 0 Å². The van der Waals surface area contributed by atoms with Gasteiger partial charge < -0.3 is 0 Å². The molecule has 0 spiro atoms. The Morgan fingerprint density at radius 2 is 2.25 bits per heavy atom. The van der Waals surface area contributed by atoms with Crippen molar-refractivity contribution in [3.05, 3.63) is 23.8 Å². The fourth-order valence-electron chi connectivity index (χ4n) is 2.04. The molecule has 0 radical (unpaired) electrons. The molecule has 1 aromatic rings. The Bertz CT molecular complexity index is 572. The fourth-order valence-corrected chi connectivity index (χ4v) is 3.30. The van der Waals surface area contributed by atoms with E-state index in [0.717, 1.165) is 33.7 Å². The molecule has 1 aliphatic rings. The van der Waals surface area contributed by atoms with Gasteiger partial charge in [0, 0.05) is 0 Å². The zero-order valence-corrected chi connectivity index (χ0v) is 13.5. The van der Waals surface area contributed by atoms with Gasteiger partial charge in [-0.1, -0.05) is 0 Å². The van der Waals surface area contributed by atoms with Crippen LogP contribution in [0.4, 0.5) is 11.4 Å². The van der Waals surface area contributed by atoms with Gasteiger partial charge in [0.2, 0.25) is 0 Å². The van der Waals surface area contributed by atoms with E-state index in [-0.39, 0.29) is 5.91 Å². The molecule has 20 heavy (non-hydrogen) atoms. The van der Waals surface area contributed by atoms with Crippen molar-refractivity contribution >= 4 is 38.8 Å². The molecule has 2 rings (SSSR count). The van der Waals surface area contributed by atoms with Gasteiger partial charge in [0.05, 0.1) is 0 Å². The minimum absolute atomic E-state index is 0.0133. The number of amidine groups is 1. The molecule has 1 fully saturated rings. The molecule has 0 bridgehead atoms. The average Bonchev–Trinajstić information content (AvgIpc) is 2.76. The summed E-state index contributed by atoms with van der Waals surface area (Å²) >= 11 is 5.99. The van der Waals surface area contributed by atoms with E-state index in [4.69, 9.17) is 5.41 Å². The van der Waals surface area contributed by atoms with Crippen molar-refractivity contribution in [2.45, 2.75) is 20.3 Å². The quantitative estimate of drug-likeness (QED) is 0.923. The van der Waals surface area contributed by atoms with Crippen molar-refractivity contribution in [2.24, 2.45) is 0 Å². The van der Waals surface area contributed by atoms with Crippen LogP contribution in [-0.2, 0) is 26.5 Å². The van der Waals surface area contributed by atoms with Crippen LogP contribution in [0, 0.1) is 5.41 Å². The van der Waals surface area contributed by atoms with Crippen molar-refractivity contribution in [3.63, 3.8) is 0 Å². The molecular formula is C14H17CoN3OS. The maximum atomic E-state index is 11.5. The van der Waals surface area contributed by atoms with Crippen LogP contribution in [0.15, 0.2) is 18.2 Å². The molecule has 0 aromatic heterocycles. The molecule has 0 unspecified atom stereocenters. The van der Waals surface area contributed by atoms with E-state index in [1.165, 1.54) is 18.7 Å². The van der Waals surface area contributed by atoms with Gasteiger partial charge in [-0.15, -0.1) is 0 Å². The van der Waals surface area contributed by atoms with E-state index in [0.29, 0.717) is 5.17 Å². The Hall–Kier alpha value is -1.11. The molecule has 1 N–H and O–H groups in total. The molecule has 1 aromatic carbocycles. The van der Waals surface area contributed by atoms with Crippen LogP contribution >= 0.6 is 11.8 Å². The molecule has 0 atom stereocenters. The van der Waals surface area contributed by atoms with Crippen LogP contribution in [0.3, 0.4) is 0 Å². The summed E-state index contributed by atoms with van der Waals surface area (Å²) in [6.45, 7) is 3.62. The van der Waals surface area contributed by atoms with Gasteiger partial charge in [0.1, 0.15) is 0 Å². The number of nitrogens with one attached hydrogen (secondary N) is 1. The number of hydrogen-bond acceptors (Lipinski definition) is 3. The van der Waals surface area contributed by atoms with Gasteiger partial charge >= 0.3 is 131 Å². The predicted molar refractivity (Wildman–Crippen MR) is 82.6 cm³/mol. The first-order chi connectivity index (χ1) is 9.45. The molecule has 1 saturated heterocycles. The number of benzene rings is 1. The Balaban J connectivity index is 2.49. The number of nitrogens with zero attached hydrogens (tertiary/aromatic N) is 2. The second-order valence-electron chi connectivity index (χ2n) is 4.52. The van der Waals surface area contributed by atoms with E-state index in [1.807, 2.05) is 23.1 Å². The third-order valence-corrected chi connectivity index (χ3v) is 4.82. The molecule has 4 nitrogen and oxygen atoms in total. The van der Waals surface area contributed by atoms with Crippen LogP contribution in [0.5, 0.6) is 0 Å². The third kappa shape index (κ3) is 2.82. The second-order valence-corrected chi connectivity index (χ2v) is 6.09. The molecule has 1 heterocycles. The summed E-state index contributed by atoms with van der Waals surface area (Å²) in [5.74, 6) is 0.704. The average molecular weight is 334 g/mol. The summed E-state index contributed by atoms with van der Waals surface area (Å²) in [7, 11) is 1.75. The predicted octanol–water partition coefficient (Wildman–Crippen LogP) is 2.40. The minimum atomic E-state index is -0.0133. The van der Waals surface area contributed by atoms with Crippen LogP contribution in [0.25, 0.3) is 0 Å². The Morgan fingerprint density at radius 1 is 1.55 bits per heavy atom. The fraction of sp³-hybridized carbons (Fsp3) is 0.357. The van der Waals surface area contributed by atoms with Crippen molar-refractivity contribution in [3.8, 4) is 0 Å². The molecule has 0 aliphatic carbocycles. The number of aryl methyl sites for hydroxylation is 1. The van der Waals surface area contributed by atoms with Crippen molar-refractivity contribution in [1.82, 2.24) is 0 Å². The summed E-state index contributed by atoms with van der Waals surface area (Å²) in [5.41, 5.74) is 2.91. The van der Waals surface area contributed by atoms with Gasteiger partial charge in [-0.25, -0.2) is 0 Å². The first-order valence-electron chi connectivity index (χ1n) is 6.33. The van der Waals surface area contributed by atoms with Gasteiger partial charge in [0.25, 0.3) is 0 Å². The Labute approximate surface area is 131 Å². The zero-order chi connectivity index (χ0) is 14.9. The van der Waals surface area contributed by atoms with E-state index in [9.17, 15) is 4.79 Å². The van der Waals surface area contributed by atoms with E-state index < -0.39 is 0 Å². The summed E-state index contributed by atoms with van der Waals surface area (Å²) in [4.78, 5) is 15.0. The summed E-state index contributed by atoms with van der Waals surface area (Å²) in [6, 6.07) is 5.91. The summed E-state index contributed by atoms with van der Waals surface area (Å²) < 4.78 is 0.852. The number of amides is 1. The van der Waals surface area contributed by atoms with Crippen LogP contribution in [0.1, 0.15) is 19.4 Å². The van der Waals surface area contributed by atoms with Gasteiger partial charge in [-0.05, 0) is 0 Å². The number of rotatable bonds is 3. The molecule has 109 valence electrons. The zero-order valence-electron chi connectivity index (χ0n) is 11.7. The summed E-state index contributed by atoms with van der Waals surface area (Å²) in [6.07, 6.45) is 0.869. The van der Waals surface area contributed by atoms with Gasteiger partial charge in [0.15, 0.2) is 0 Å². The molecular weight excluding hydrogens is 317 g/mol. The van der Waals surface area contributed by atoms with Crippen LogP contribution < -0.4 is 9.80 Å². The number of carbonyl (C=O) groups is 1. The Morgan fingerprint density at radius 3 is 2.75 bits per heavy atom. The summed E-state index contributed by atoms with van der Waals surface area (Å²) in [5, 5.41) is 8.52. The monoisotopic (exact) mass is 334 g/mol. The standard InChI is InChI=1S/C14H17N3OS.Co/c1-4-11-5-6-12(16(3)10(2)18)9-13(11)17-7-8-19-14(17)15;/h5-6,9,15H,4,8H2,1-3H3;. The van der Waals surface area contributed by atoms with Crippen molar-refractivity contribution < 1.29 is 20.1 Å². The SMILES string of the molecule is CCc1ccc(N(C)C(C)=O)cc1N1C(=N)SC[C]1=[Co]. The third-order valence-electron chi connectivity index (χ3n) is 3.31. The number of hydrogen-bond donors (Lipinski definition) is 1. The molecule has 6 heteroatoms. The van der Waals surface area contributed by atoms with E-state index in [2.05, 4.69) is 22.2 Å². The Kier molecular flexibility index (Phi) is 4.67. The van der Waals surface area contributed by atoms with Crippen molar-refractivity contribution in [2.75, 3.05) is 22.6 Å². The first kappa shape index (κ1) is 15.3. The second kappa shape index (κ2) is 6.11. The molecule has 1 aliphatic heterocycles. The van der Waals surface area contributed by atoms with Crippen LogP contribution in [-0.4, -0.2) is 28.5 Å². The van der Waals surface area contributed by atoms with E-state index in [1.54, 1.807) is 11.9 Å². The first-order valence-corrected chi connectivity index (χ1v) is 7.84. The molecule has 1 amide bonds. The number of anilines is 2. The van der Waals surface area contributed by atoms with Crippen LogP contribution in [0.2, 0.25) is 0 Å². The topological polar surface area (TPSA) is 47.4 Å². The number of carbonyl (C=O) groups excluding carboxylic acids is 1. The number of thioether (sulfide) groups is 1. The van der Waals surface area contributed by atoms with Gasteiger partial charge in [-0.3, -0.25) is 0 Å². The normalized spacial score (nSPS) is 14.9. The molecule has 0 saturated carbocycles. The van der Waals surface area contributed by atoms with Crippen molar-refractivity contribution in [1.29, 1.82) is 5.41 Å². The van der Waals surface area contributed by atoms with E-state index >= 15 is 0 Å². The maximum absolute atomic E-state index is 11.5.